The molecule has 2 atom stereocenters. The number of hydrogen-bond acceptors (Lipinski definition) is 6. The van der Waals surface area contributed by atoms with Crippen LogP contribution in [0.5, 0.6) is 0 Å². The molecule has 3 heterocycles. The number of para-hydroxylation sites is 1. The van der Waals surface area contributed by atoms with Crippen LogP contribution in [0.15, 0.2) is 95.5 Å². The number of pyridine rings is 1. The number of anilines is 1. The van der Waals surface area contributed by atoms with Crippen LogP contribution in [-0.2, 0) is 9.53 Å². The minimum Gasteiger partial charge on any atom is -0.465 e. The van der Waals surface area contributed by atoms with Crippen molar-refractivity contribution in [2.24, 2.45) is 0 Å². The van der Waals surface area contributed by atoms with E-state index < -0.39 is 12.0 Å². The van der Waals surface area contributed by atoms with Crippen LogP contribution >= 0.6 is 12.2 Å². The number of aromatic nitrogens is 1. The number of carbonyl (C=O) groups is 2. The highest BCUT2D eigenvalue weighted by Crippen LogP contribution is 2.40. The molecule has 2 aromatic heterocycles. The van der Waals surface area contributed by atoms with Crippen molar-refractivity contribution in [1.82, 2.24) is 15.2 Å². The normalized spacial score (nSPS) is 16.8. The minimum absolute atomic E-state index is 0.00348. The Bertz CT molecular complexity index is 1420. The molecule has 0 unspecified atom stereocenters. The van der Waals surface area contributed by atoms with Gasteiger partial charge >= 0.3 is 5.97 Å². The molecule has 9 heteroatoms. The highest BCUT2D eigenvalue weighted by atomic mass is 32.1. The van der Waals surface area contributed by atoms with Crippen molar-refractivity contribution < 1.29 is 18.7 Å². The average Bonchev–Trinajstić information content (AvgIpc) is 3.54. The summed E-state index contributed by atoms with van der Waals surface area (Å²) in [5, 5.41) is 6.63. The predicted molar refractivity (Wildman–Crippen MR) is 143 cm³/mol. The second kappa shape index (κ2) is 10.6. The number of ether oxygens (including phenoxy) is 1. The lowest BCUT2D eigenvalue weighted by Gasteiger charge is -2.25. The average molecular weight is 513 g/mol. The van der Waals surface area contributed by atoms with E-state index in [4.69, 9.17) is 21.4 Å². The fraction of sp³-hybridized carbons (Fsp3) is 0.143. The number of rotatable bonds is 7. The topological polar surface area (TPSA) is 96.7 Å². The van der Waals surface area contributed by atoms with E-state index in [-0.39, 0.29) is 18.5 Å². The van der Waals surface area contributed by atoms with Gasteiger partial charge in [0.15, 0.2) is 5.11 Å². The second-order valence-electron chi connectivity index (χ2n) is 8.41. The second-order valence-corrected chi connectivity index (χ2v) is 8.79. The van der Waals surface area contributed by atoms with E-state index in [9.17, 15) is 9.59 Å². The first-order valence-corrected chi connectivity index (χ1v) is 12.1. The number of hydrogen-bond donors (Lipinski definition) is 2. The van der Waals surface area contributed by atoms with Gasteiger partial charge in [-0.15, -0.1) is 0 Å². The van der Waals surface area contributed by atoms with Gasteiger partial charge in [0, 0.05) is 17.4 Å². The minimum atomic E-state index is -0.456. The number of nitrogens with zero attached hydrogens (tertiary/aromatic N) is 2. The van der Waals surface area contributed by atoms with Gasteiger partial charge in [0.25, 0.3) is 0 Å². The maximum absolute atomic E-state index is 13.0. The molecule has 1 aliphatic rings. The Morgan fingerprint density at radius 3 is 2.54 bits per heavy atom. The first-order valence-electron chi connectivity index (χ1n) is 11.7. The summed E-state index contributed by atoms with van der Waals surface area (Å²) in [7, 11) is 1.34. The van der Waals surface area contributed by atoms with Crippen molar-refractivity contribution in [3.05, 3.63) is 108 Å². The van der Waals surface area contributed by atoms with Crippen LogP contribution < -0.4 is 10.6 Å². The maximum atomic E-state index is 13.0. The zero-order valence-electron chi connectivity index (χ0n) is 20.0. The monoisotopic (exact) mass is 512 g/mol. The van der Waals surface area contributed by atoms with Gasteiger partial charge in [-0.25, -0.2) is 4.79 Å². The number of thiocarbonyl (C=S) groups is 1. The zero-order chi connectivity index (χ0) is 25.8. The molecule has 37 heavy (non-hydrogen) atoms. The SMILES string of the molecule is COC(=O)c1ccccc1-c1ccc([C@H]2[C@@H](c3ccccn3)NC(=S)N2CC(=O)Nc2ccccc2)o1. The Labute approximate surface area is 219 Å². The molecule has 2 aromatic carbocycles. The van der Waals surface area contributed by atoms with Crippen molar-refractivity contribution in [2.45, 2.75) is 12.1 Å². The molecular weight excluding hydrogens is 488 g/mol. The number of amides is 1. The smallest absolute Gasteiger partial charge is 0.338 e. The summed E-state index contributed by atoms with van der Waals surface area (Å²) >= 11 is 5.65. The van der Waals surface area contributed by atoms with Crippen LogP contribution in [0.1, 0.15) is 33.9 Å². The van der Waals surface area contributed by atoms with Gasteiger partial charge in [0.2, 0.25) is 5.91 Å². The van der Waals surface area contributed by atoms with Crippen LogP contribution in [0.4, 0.5) is 5.69 Å². The maximum Gasteiger partial charge on any atom is 0.338 e. The highest BCUT2D eigenvalue weighted by molar-refractivity contribution is 7.80. The third-order valence-electron chi connectivity index (χ3n) is 6.09. The molecule has 0 spiro atoms. The Morgan fingerprint density at radius 2 is 1.78 bits per heavy atom. The number of carbonyl (C=O) groups excluding carboxylic acids is 2. The Hall–Kier alpha value is -4.50. The van der Waals surface area contributed by atoms with Gasteiger partial charge in [-0.1, -0.05) is 42.5 Å². The lowest BCUT2D eigenvalue weighted by molar-refractivity contribution is -0.116. The molecule has 1 fully saturated rings. The summed E-state index contributed by atoms with van der Waals surface area (Å²) in [5.41, 5.74) is 2.46. The summed E-state index contributed by atoms with van der Waals surface area (Å²) in [6, 6.07) is 24.8. The van der Waals surface area contributed by atoms with E-state index in [1.54, 1.807) is 35.4 Å². The van der Waals surface area contributed by atoms with Crippen molar-refractivity contribution in [3.63, 3.8) is 0 Å². The van der Waals surface area contributed by atoms with Crippen molar-refractivity contribution in [1.29, 1.82) is 0 Å². The molecular formula is C28H24N4O4S. The van der Waals surface area contributed by atoms with Crippen molar-refractivity contribution in [2.75, 3.05) is 19.0 Å². The molecule has 1 saturated heterocycles. The van der Waals surface area contributed by atoms with E-state index in [0.29, 0.717) is 33.4 Å². The number of benzene rings is 2. The van der Waals surface area contributed by atoms with Crippen LogP contribution in [0.25, 0.3) is 11.3 Å². The first-order chi connectivity index (χ1) is 18.0. The van der Waals surface area contributed by atoms with E-state index in [1.165, 1.54) is 7.11 Å². The van der Waals surface area contributed by atoms with Gasteiger partial charge in [0.05, 0.1) is 24.4 Å². The molecule has 1 aliphatic heterocycles. The third kappa shape index (κ3) is 5.07. The van der Waals surface area contributed by atoms with E-state index in [1.807, 2.05) is 60.7 Å². The van der Waals surface area contributed by atoms with Gasteiger partial charge in [-0.05, 0) is 54.7 Å². The van der Waals surface area contributed by atoms with E-state index in [2.05, 4.69) is 15.6 Å². The Balaban J connectivity index is 1.49. The largest absolute Gasteiger partial charge is 0.465 e. The summed E-state index contributed by atoms with van der Waals surface area (Å²) in [6.07, 6.45) is 1.71. The first kappa shape index (κ1) is 24.2. The van der Waals surface area contributed by atoms with Gasteiger partial charge in [-0.2, -0.15) is 0 Å². The molecule has 1 amide bonds. The fourth-order valence-corrected chi connectivity index (χ4v) is 4.71. The number of furan rings is 1. The molecule has 0 radical (unpaired) electrons. The number of methoxy groups -OCH3 is 1. The Kier molecular flexibility index (Phi) is 6.96. The molecule has 8 nitrogen and oxygen atoms in total. The summed E-state index contributed by atoms with van der Waals surface area (Å²) < 4.78 is 11.2. The predicted octanol–water partition coefficient (Wildman–Crippen LogP) is 4.74. The van der Waals surface area contributed by atoms with Crippen LogP contribution in [0, 0.1) is 0 Å². The number of esters is 1. The van der Waals surface area contributed by atoms with Crippen LogP contribution in [-0.4, -0.2) is 40.5 Å². The quantitative estimate of drug-likeness (QED) is 0.271. The van der Waals surface area contributed by atoms with Gasteiger partial charge in [-0.3, -0.25) is 9.78 Å². The van der Waals surface area contributed by atoms with Crippen molar-refractivity contribution in [3.8, 4) is 11.3 Å². The van der Waals surface area contributed by atoms with Crippen molar-refractivity contribution >= 4 is 34.9 Å². The third-order valence-corrected chi connectivity index (χ3v) is 6.44. The van der Waals surface area contributed by atoms with E-state index >= 15 is 0 Å². The number of nitrogens with one attached hydrogen (secondary N) is 2. The molecule has 186 valence electrons. The summed E-state index contributed by atoms with van der Waals surface area (Å²) in [4.78, 5) is 31.6. The van der Waals surface area contributed by atoms with Crippen LogP contribution in [0.3, 0.4) is 0 Å². The van der Waals surface area contributed by atoms with Crippen LogP contribution in [0.2, 0.25) is 0 Å². The van der Waals surface area contributed by atoms with E-state index in [0.717, 1.165) is 5.69 Å². The lowest BCUT2D eigenvalue weighted by atomic mass is 10.0. The van der Waals surface area contributed by atoms with Gasteiger partial charge in [0.1, 0.15) is 24.1 Å². The molecule has 0 bridgehead atoms. The standard InChI is InChI=1S/C28H24N4O4S/c1-35-27(34)20-12-6-5-11-19(20)22-14-15-23(36-22)26-25(21-13-7-8-16-29-21)31-28(37)32(26)17-24(33)30-18-9-3-2-4-10-18/h2-16,25-26H,17H2,1H3,(H,30,33)(H,31,37)/t25-,26+/m1/s1. The summed E-state index contributed by atoms with van der Waals surface area (Å²) in [6.45, 7) is 0.00348. The molecule has 5 rings (SSSR count). The Morgan fingerprint density at radius 1 is 1.03 bits per heavy atom. The highest BCUT2D eigenvalue weighted by Gasteiger charge is 2.42. The lowest BCUT2D eigenvalue weighted by Crippen LogP contribution is -2.36. The van der Waals surface area contributed by atoms with Gasteiger partial charge < -0.3 is 24.7 Å². The molecule has 4 aromatic rings. The fourth-order valence-electron chi connectivity index (χ4n) is 4.40. The summed E-state index contributed by atoms with van der Waals surface area (Å²) in [5.74, 6) is 0.403. The molecule has 0 saturated carbocycles. The molecule has 2 N–H and O–H groups in total. The zero-order valence-corrected chi connectivity index (χ0v) is 20.8. The molecule has 0 aliphatic carbocycles.